The molecular weight excluding hydrogens is 755 g/mol. The largest absolute Gasteiger partial charge is 0.494 e. The van der Waals surface area contributed by atoms with Gasteiger partial charge in [0.15, 0.2) is 0 Å². The highest BCUT2D eigenvalue weighted by atomic mass is 32.2. The summed E-state index contributed by atoms with van der Waals surface area (Å²) in [4.78, 5) is 73.4. The number of aromatic nitrogens is 2. The quantitative estimate of drug-likeness (QED) is 0.0743. The van der Waals surface area contributed by atoms with Gasteiger partial charge in [-0.1, -0.05) is 12.1 Å². The number of imide groups is 2. The minimum atomic E-state index is -3.71. The monoisotopic (exact) mass is 797 g/mol. The Labute approximate surface area is 329 Å². The van der Waals surface area contributed by atoms with Crippen molar-refractivity contribution in [2.24, 2.45) is 0 Å². The molecule has 57 heavy (non-hydrogen) atoms. The summed E-state index contributed by atoms with van der Waals surface area (Å²) in [5.41, 5.74) is 0.872. The minimum Gasteiger partial charge on any atom is -0.494 e. The van der Waals surface area contributed by atoms with Crippen molar-refractivity contribution in [3.63, 3.8) is 0 Å². The van der Waals surface area contributed by atoms with Crippen LogP contribution in [-0.4, -0.2) is 84.1 Å². The zero-order valence-electron chi connectivity index (χ0n) is 31.5. The van der Waals surface area contributed by atoms with Crippen molar-refractivity contribution in [1.29, 1.82) is 0 Å². The van der Waals surface area contributed by atoms with Gasteiger partial charge in [0.25, 0.3) is 11.8 Å². The number of nitrogens with one attached hydrogen (secondary N) is 6. The lowest BCUT2D eigenvalue weighted by molar-refractivity contribution is -0.131. The van der Waals surface area contributed by atoms with E-state index < -0.39 is 51.1 Å². The number of benzene rings is 3. The molecule has 17 nitrogen and oxygen atoms in total. The minimum absolute atomic E-state index is 0.00906. The fourth-order valence-electron chi connectivity index (χ4n) is 6.19. The van der Waals surface area contributed by atoms with E-state index in [1.807, 2.05) is 12.1 Å². The van der Waals surface area contributed by atoms with Gasteiger partial charge >= 0.3 is 0 Å². The lowest BCUT2D eigenvalue weighted by Crippen LogP contribution is -2.49. The molecular formula is C39H43N9O8S. The Morgan fingerprint density at radius 2 is 1.72 bits per heavy atom. The molecule has 2 aliphatic rings. The maximum atomic E-state index is 13.4. The highest BCUT2D eigenvalue weighted by Gasteiger charge is 2.45. The number of fused-ring (bicyclic) bond motifs is 1. The third-order valence-corrected chi connectivity index (χ3v) is 10.4. The van der Waals surface area contributed by atoms with Gasteiger partial charge in [0, 0.05) is 29.5 Å². The van der Waals surface area contributed by atoms with E-state index in [0.29, 0.717) is 54.9 Å². The number of sulfonamides is 1. The van der Waals surface area contributed by atoms with Crippen molar-refractivity contribution in [3.8, 4) is 5.75 Å². The molecule has 4 aromatic rings. The summed E-state index contributed by atoms with van der Waals surface area (Å²) in [5.74, 6) is -1.52. The molecule has 1 aromatic heterocycles. The molecule has 18 heteroatoms. The second-order valence-electron chi connectivity index (χ2n) is 14.4. The smallest absolute Gasteiger partial charge is 0.264 e. The van der Waals surface area contributed by atoms with Crippen LogP contribution in [0.3, 0.4) is 0 Å². The zero-order valence-corrected chi connectivity index (χ0v) is 32.4. The Bertz CT molecular complexity index is 2300. The van der Waals surface area contributed by atoms with Crippen molar-refractivity contribution in [1.82, 2.24) is 30.2 Å². The van der Waals surface area contributed by atoms with Crippen LogP contribution in [-0.2, 0) is 24.4 Å². The third kappa shape index (κ3) is 10.3. The fourth-order valence-corrected chi connectivity index (χ4v) is 7.66. The Kier molecular flexibility index (Phi) is 12.2. The van der Waals surface area contributed by atoms with Gasteiger partial charge in [-0.15, -0.1) is 0 Å². The van der Waals surface area contributed by atoms with Crippen molar-refractivity contribution in [2.75, 3.05) is 35.6 Å². The molecule has 298 valence electrons. The molecule has 0 spiro atoms. The van der Waals surface area contributed by atoms with Crippen LogP contribution in [0.25, 0.3) is 0 Å². The first-order chi connectivity index (χ1) is 27.2. The summed E-state index contributed by atoms with van der Waals surface area (Å²) in [6.07, 6.45) is 2.79. The van der Waals surface area contributed by atoms with Gasteiger partial charge in [-0.25, -0.2) is 18.1 Å². The van der Waals surface area contributed by atoms with Crippen molar-refractivity contribution in [2.45, 2.75) is 62.9 Å². The second-order valence-corrected chi connectivity index (χ2v) is 16.1. The van der Waals surface area contributed by atoms with E-state index in [9.17, 15) is 32.4 Å². The third-order valence-electron chi connectivity index (χ3n) is 8.65. The van der Waals surface area contributed by atoms with Gasteiger partial charge in [-0.05, 0) is 107 Å². The molecule has 0 aliphatic carbocycles. The lowest BCUT2D eigenvalue weighted by Gasteiger charge is -2.23. The second kappa shape index (κ2) is 17.3. The van der Waals surface area contributed by atoms with Crippen LogP contribution < -0.4 is 36.0 Å². The van der Waals surface area contributed by atoms with E-state index in [4.69, 9.17) is 4.74 Å². The van der Waals surface area contributed by atoms with E-state index in [1.165, 1.54) is 24.3 Å². The average Bonchev–Trinajstić information content (AvgIpc) is 3.28. The summed E-state index contributed by atoms with van der Waals surface area (Å²) in [6, 6.07) is 18.7. The van der Waals surface area contributed by atoms with Crippen LogP contribution >= 0.6 is 0 Å². The van der Waals surface area contributed by atoms with Gasteiger partial charge in [-0.3, -0.25) is 34.2 Å². The molecule has 1 atom stereocenters. The molecule has 0 unspecified atom stereocenters. The van der Waals surface area contributed by atoms with E-state index in [2.05, 4.69) is 41.3 Å². The number of ether oxygens (including phenoxy) is 1. The molecule has 6 rings (SSSR count). The molecule has 1 fully saturated rings. The molecule has 0 saturated carbocycles. The molecule has 5 amide bonds. The number of anilines is 5. The van der Waals surface area contributed by atoms with Gasteiger partial charge in [-0.2, -0.15) is 4.98 Å². The Hall–Kier alpha value is -6.24. The van der Waals surface area contributed by atoms with Crippen molar-refractivity contribution >= 4 is 68.4 Å². The lowest BCUT2D eigenvalue weighted by atomic mass is 10.1. The van der Waals surface area contributed by atoms with E-state index in [1.54, 1.807) is 63.4 Å². The first kappa shape index (κ1) is 40.4. The Morgan fingerprint density at radius 3 is 2.49 bits per heavy atom. The normalized spacial score (nSPS) is 15.8. The summed E-state index contributed by atoms with van der Waals surface area (Å²) in [6.45, 7) is 6.08. The van der Waals surface area contributed by atoms with E-state index >= 15 is 0 Å². The van der Waals surface area contributed by atoms with Gasteiger partial charge in [0.2, 0.25) is 33.7 Å². The molecule has 0 radical (unpaired) electrons. The van der Waals surface area contributed by atoms with Crippen molar-refractivity contribution < 1.29 is 37.1 Å². The number of nitrogens with zero attached hydrogens (tertiary/aromatic N) is 3. The maximum absolute atomic E-state index is 13.4. The van der Waals surface area contributed by atoms with Crippen molar-refractivity contribution in [3.05, 3.63) is 90.1 Å². The molecule has 3 heterocycles. The number of carbonyl (C=O) groups excluding carboxylic acids is 5. The highest BCUT2D eigenvalue weighted by molar-refractivity contribution is 7.89. The number of carbonyl (C=O) groups is 5. The molecule has 2 aliphatic heterocycles. The summed E-state index contributed by atoms with van der Waals surface area (Å²) >= 11 is 0. The van der Waals surface area contributed by atoms with Crippen LogP contribution in [0.5, 0.6) is 5.75 Å². The zero-order chi connectivity index (χ0) is 40.7. The molecule has 1 saturated heterocycles. The number of hydrogen-bond acceptors (Lipinski definition) is 13. The van der Waals surface area contributed by atoms with Crippen LogP contribution in [0, 0.1) is 0 Å². The van der Waals surface area contributed by atoms with Gasteiger partial charge in [0.1, 0.15) is 17.6 Å². The summed E-state index contributed by atoms with van der Waals surface area (Å²) < 4.78 is 34.0. The maximum Gasteiger partial charge on any atom is 0.264 e. The first-order valence-electron chi connectivity index (χ1n) is 18.3. The van der Waals surface area contributed by atoms with Gasteiger partial charge < -0.3 is 26.0 Å². The number of rotatable bonds is 15. The van der Waals surface area contributed by atoms with Crippen LogP contribution in [0.15, 0.2) is 83.9 Å². The molecule has 0 bridgehead atoms. The highest BCUT2D eigenvalue weighted by Crippen LogP contribution is 2.32. The van der Waals surface area contributed by atoms with Crippen LogP contribution in [0.4, 0.5) is 28.8 Å². The Balaban J connectivity index is 0.929. The standard InChI is InChI=1S/C39H43N9O8S/c1-39(2,3)47-57(54,55)27-9-4-8-25(22-27)42-31-18-20-41-38(45-31)43-24-14-16-26(17-15-24)56-21-7-19-40-23-33(50)44-29-11-5-10-28-34(29)37(53)48(36(28)52)30-12-6-13-32(49)46-35(30)51/h4-5,8-11,14-18,20,22,30,40,47H,6-7,12-13,19,21,23H2,1-3H3,(H,44,50)(H,46,49,51)(H2,41,42,43,45)/t30-/m0/s1. The molecule has 3 aromatic carbocycles. The van der Waals surface area contributed by atoms with E-state index in [-0.39, 0.29) is 41.1 Å². The predicted molar refractivity (Wildman–Crippen MR) is 211 cm³/mol. The SMILES string of the molecule is CC(C)(C)NS(=O)(=O)c1cccc(Nc2ccnc(Nc3ccc(OCCCNCC(=O)Nc4cccc5c4C(=O)N([C@H]4CCCC(=O)NC4=O)C5=O)cc3)n2)c1. The van der Waals surface area contributed by atoms with E-state index in [0.717, 1.165) is 4.90 Å². The summed E-state index contributed by atoms with van der Waals surface area (Å²) in [7, 11) is -3.71. The Morgan fingerprint density at radius 1 is 0.947 bits per heavy atom. The topological polar surface area (TPSA) is 230 Å². The van der Waals surface area contributed by atoms with Crippen LogP contribution in [0.1, 0.15) is 67.2 Å². The summed E-state index contributed by atoms with van der Waals surface area (Å²) in [5, 5.41) is 14.2. The molecule has 6 N–H and O–H groups in total. The number of amides is 5. The number of hydrogen-bond donors (Lipinski definition) is 6. The first-order valence-corrected chi connectivity index (χ1v) is 19.7. The van der Waals surface area contributed by atoms with Crippen LogP contribution in [0.2, 0.25) is 0 Å². The van der Waals surface area contributed by atoms with Gasteiger partial charge in [0.05, 0.1) is 34.9 Å². The average molecular weight is 798 g/mol. The fraction of sp³-hybridized carbons (Fsp3) is 0.308. The predicted octanol–water partition coefficient (Wildman–Crippen LogP) is 3.83.